The Bertz CT molecular complexity index is 880. The molecule has 0 atom stereocenters. The number of fused-ring (bicyclic) bond motifs is 1. The molecule has 110 valence electrons. The summed E-state index contributed by atoms with van der Waals surface area (Å²) in [5.74, 6) is -1.18. The van der Waals surface area contributed by atoms with Crippen LogP contribution in [-0.4, -0.2) is 11.0 Å². The first kappa shape index (κ1) is 14.3. The number of aromatic nitrogens is 1. The van der Waals surface area contributed by atoms with Gasteiger partial charge in [-0.3, -0.25) is 0 Å². The summed E-state index contributed by atoms with van der Waals surface area (Å²) in [6, 6.07) is 13.3. The van der Waals surface area contributed by atoms with Gasteiger partial charge in [-0.2, -0.15) is 0 Å². The molecule has 3 aromatic rings. The van der Waals surface area contributed by atoms with Crippen LogP contribution in [0.25, 0.3) is 22.2 Å². The minimum Gasteiger partial charge on any atom is -0.545 e. The molecular weight excluding hydrogens is 274 g/mol. The third-order valence-electron chi connectivity index (χ3n) is 3.82. The second kappa shape index (κ2) is 5.26. The maximum Gasteiger partial charge on any atom is 0.0745 e. The SMILES string of the molecule is Cc1ccc(-c2cc(C(=O)[O-])c3cc(C)cc(C)c3n2)cc1. The van der Waals surface area contributed by atoms with Crippen molar-refractivity contribution in [3.05, 3.63) is 64.7 Å². The van der Waals surface area contributed by atoms with Crippen LogP contribution in [-0.2, 0) is 0 Å². The lowest BCUT2D eigenvalue weighted by atomic mass is 9.99. The van der Waals surface area contributed by atoms with Crippen molar-refractivity contribution in [1.82, 2.24) is 4.98 Å². The van der Waals surface area contributed by atoms with Gasteiger partial charge in [-0.05, 0) is 38.5 Å². The number of carboxylic acids is 1. The van der Waals surface area contributed by atoms with Crippen molar-refractivity contribution in [2.45, 2.75) is 20.8 Å². The van der Waals surface area contributed by atoms with E-state index in [4.69, 9.17) is 0 Å². The number of carbonyl (C=O) groups excluding carboxylic acids is 1. The van der Waals surface area contributed by atoms with E-state index in [-0.39, 0.29) is 5.56 Å². The maximum atomic E-state index is 11.5. The number of carbonyl (C=O) groups is 1. The predicted octanol–water partition coefficient (Wildman–Crippen LogP) is 3.19. The molecule has 1 heterocycles. The summed E-state index contributed by atoms with van der Waals surface area (Å²) in [5, 5.41) is 12.2. The molecule has 0 aliphatic rings. The topological polar surface area (TPSA) is 53.0 Å². The molecule has 0 radical (unpaired) electrons. The van der Waals surface area contributed by atoms with Crippen molar-refractivity contribution in [3.8, 4) is 11.3 Å². The van der Waals surface area contributed by atoms with Crippen molar-refractivity contribution >= 4 is 16.9 Å². The normalized spacial score (nSPS) is 10.9. The average Bonchev–Trinajstić information content (AvgIpc) is 2.47. The monoisotopic (exact) mass is 290 g/mol. The van der Waals surface area contributed by atoms with Gasteiger partial charge in [0.15, 0.2) is 0 Å². The maximum absolute atomic E-state index is 11.5. The van der Waals surface area contributed by atoms with E-state index in [9.17, 15) is 9.90 Å². The van der Waals surface area contributed by atoms with Gasteiger partial charge in [-0.1, -0.05) is 41.5 Å². The Morgan fingerprint density at radius 1 is 0.955 bits per heavy atom. The number of carboxylic acid groups (broad SMARTS) is 1. The highest BCUT2D eigenvalue weighted by molar-refractivity contribution is 6.03. The molecule has 0 aliphatic carbocycles. The van der Waals surface area contributed by atoms with Gasteiger partial charge >= 0.3 is 0 Å². The van der Waals surface area contributed by atoms with Gasteiger partial charge in [0.1, 0.15) is 0 Å². The lowest BCUT2D eigenvalue weighted by Crippen LogP contribution is -2.23. The van der Waals surface area contributed by atoms with Gasteiger partial charge in [0.25, 0.3) is 0 Å². The molecule has 0 fully saturated rings. The molecule has 0 saturated heterocycles. The molecule has 3 nitrogen and oxygen atoms in total. The summed E-state index contributed by atoms with van der Waals surface area (Å²) in [6.07, 6.45) is 0. The summed E-state index contributed by atoms with van der Waals surface area (Å²) in [4.78, 5) is 16.2. The van der Waals surface area contributed by atoms with Gasteiger partial charge in [-0.25, -0.2) is 4.98 Å². The van der Waals surface area contributed by atoms with Gasteiger partial charge in [0.2, 0.25) is 0 Å². The Morgan fingerprint density at radius 2 is 1.64 bits per heavy atom. The highest BCUT2D eigenvalue weighted by Crippen LogP contribution is 2.27. The second-order valence-corrected chi connectivity index (χ2v) is 5.69. The third-order valence-corrected chi connectivity index (χ3v) is 3.82. The van der Waals surface area contributed by atoms with Gasteiger partial charge in [-0.15, -0.1) is 0 Å². The summed E-state index contributed by atoms with van der Waals surface area (Å²) in [7, 11) is 0. The molecule has 0 unspecified atom stereocenters. The summed E-state index contributed by atoms with van der Waals surface area (Å²) in [5.41, 5.74) is 5.57. The Labute approximate surface area is 129 Å². The van der Waals surface area contributed by atoms with Gasteiger partial charge in [0, 0.05) is 16.5 Å². The van der Waals surface area contributed by atoms with Crippen LogP contribution < -0.4 is 5.11 Å². The first-order chi connectivity index (χ1) is 10.5. The molecule has 22 heavy (non-hydrogen) atoms. The van der Waals surface area contributed by atoms with Crippen LogP contribution in [0, 0.1) is 20.8 Å². The number of aryl methyl sites for hydroxylation is 3. The van der Waals surface area contributed by atoms with Crippen LogP contribution >= 0.6 is 0 Å². The van der Waals surface area contributed by atoms with Crippen LogP contribution in [0.2, 0.25) is 0 Å². The number of aromatic carboxylic acids is 1. The predicted molar refractivity (Wildman–Crippen MR) is 85.7 cm³/mol. The van der Waals surface area contributed by atoms with E-state index in [0.29, 0.717) is 16.6 Å². The van der Waals surface area contributed by atoms with E-state index < -0.39 is 5.97 Å². The van der Waals surface area contributed by atoms with Gasteiger partial charge in [0.05, 0.1) is 17.2 Å². The Balaban J connectivity index is 2.34. The van der Waals surface area contributed by atoms with Crippen LogP contribution in [0.3, 0.4) is 0 Å². The van der Waals surface area contributed by atoms with Crippen LogP contribution in [0.5, 0.6) is 0 Å². The second-order valence-electron chi connectivity index (χ2n) is 5.69. The van der Waals surface area contributed by atoms with E-state index in [2.05, 4.69) is 4.98 Å². The molecule has 0 saturated carbocycles. The van der Waals surface area contributed by atoms with E-state index in [1.807, 2.05) is 57.2 Å². The third kappa shape index (κ3) is 2.46. The Morgan fingerprint density at radius 3 is 2.27 bits per heavy atom. The van der Waals surface area contributed by atoms with Crippen molar-refractivity contribution in [2.24, 2.45) is 0 Å². The summed E-state index contributed by atoms with van der Waals surface area (Å²) >= 11 is 0. The fourth-order valence-corrected chi connectivity index (χ4v) is 2.72. The average molecular weight is 290 g/mol. The molecule has 2 aromatic carbocycles. The molecule has 0 spiro atoms. The van der Waals surface area contributed by atoms with E-state index in [1.165, 1.54) is 0 Å². The number of hydrogen-bond donors (Lipinski definition) is 0. The largest absolute Gasteiger partial charge is 0.545 e. The van der Waals surface area contributed by atoms with Crippen molar-refractivity contribution in [2.75, 3.05) is 0 Å². The number of pyridine rings is 1. The summed E-state index contributed by atoms with van der Waals surface area (Å²) < 4.78 is 0. The van der Waals surface area contributed by atoms with Crippen LogP contribution in [0.15, 0.2) is 42.5 Å². The van der Waals surface area contributed by atoms with Crippen LogP contribution in [0.4, 0.5) is 0 Å². The smallest absolute Gasteiger partial charge is 0.0745 e. The molecule has 0 aliphatic heterocycles. The zero-order valence-electron chi connectivity index (χ0n) is 12.8. The first-order valence-electron chi connectivity index (χ1n) is 7.16. The minimum atomic E-state index is -1.18. The molecule has 3 heteroatoms. The molecule has 0 bridgehead atoms. The molecule has 0 amide bonds. The van der Waals surface area contributed by atoms with E-state index in [1.54, 1.807) is 6.07 Å². The highest BCUT2D eigenvalue weighted by atomic mass is 16.4. The van der Waals surface area contributed by atoms with Crippen LogP contribution in [0.1, 0.15) is 27.0 Å². The molecule has 1 aromatic heterocycles. The zero-order valence-corrected chi connectivity index (χ0v) is 12.8. The lowest BCUT2D eigenvalue weighted by Gasteiger charge is -2.13. The number of hydrogen-bond acceptors (Lipinski definition) is 3. The highest BCUT2D eigenvalue weighted by Gasteiger charge is 2.11. The van der Waals surface area contributed by atoms with Crippen molar-refractivity contribution in [1.29, 1.82) is 0 Å². The molecule has 0 N–H and O–H groups in total. The Kier molecular flexibility index (Phi) is 3.41. The number of rotatable bonds is 2. The van der Waals surface area contributed by atoms with Crippen molar-refractivity contribution in [3.63, 3.8) is 0 Å². The Hall–Kier alpha value is -2.68. The van der Waals surface area contributed by atoms with Crippen molar-refractivity contribution < 1.29 is 9.90 Å². The summed E-state index contributed by atoms with van der Waals surface area (Å²) in [6.45, 7) is 5.90. The number of nitrogens with zero attached hydrogens (tertiary/aromatic N) is 1. The minimum absolute atomic E-state index is 0.187. The molecular formula is C19H16NO2-. The zero-order chi connectivity index (χ0) is 15.9. The van der Waals surface area contributed by atoms with Gasteiger partial charge < -0.3 is 9.90 Å². The first-order valence-corrected chi connectivity index (χ1v) is 7.16. The molecule has 3 rings (SSSR count). The quantitative estimate of drug-likeness (QED) is 0.728. The lowest BCUT2D eigenvalue weighted by molar-refractivity contribution is -0.254. The standard InChI is InChI=1S/C19H17NO2/c1-11-4-6-14(7-5-11)17-10-16(19(21)22)15-9-12(2)8-13(3)18(15)20-17/h4-10H,1-3H3,(H,21,22)/p-1. The van der Waals surface area contributed by atoms with E-state index in [0.717, 1.165) is 22.3 Å². The fraction of sp³-hybridized carbons (Fsp3) is 0.158. The van der Waals surface area contributed by atoms with E-state index >= 15 is 0 Å². The number of benzene rings is 2. The fourth-order valence-electron chi connectivity index (χ4n) is 2.72.